The highest BCUT2D eigenvalue weighted by molar-refractivity contribution is 7.99. The number of nitrogens with one attached hydrogen (secondary N) is 3. The van der Waals surface area contributed by atoms with E-state index in [1.165, 1.54) is 0 Å². The van der Waals surface area contributed by atoms with Gasteiger partial charge >= 0.3 is 12.2 Å². The minimum atomic E-state index is -0.592. The van der Waals surface area contributed by atoms with Gasteiger partial charge in [-0.1, -0.05) is 25.5 Å². The Balaban J connectivity index is 0.000000358. The second-order valence-electron chi connectivity index (χ2n) is 12.4. The molecule has 44 heavy (non-hydrogen) atoms. The molecule has 0 aromatic heterocycles. The van der Waals surface area contributed by atoms with E-state index in [9.17, 15) is 19.2 Å². The summed E-state index contributed by atoms with van der Waals surface area (Å²) < 4.78 is 16.1. The zero-order valence-electron chi connectivity index (χ0n) is 27.2. The first-order valence-corrected chi connectivity index (χ1v) is 17.4. The number of thioether (sulfide) groups is 2. The smallest absolute Gasteiger partial charge is 0.408 e. The van der Waals surface area contributed by atoms with E-state index >= 15 is 0 Å². The number of alkyl carbamates (subject to hydrolysis) is 2. The fraction of sp³-hybridized carbons (Fsp3) is 0.677. The van der Waals surface area contributed by atoms with Crippen LogP contribution in [0.25, 0.3) is 0 Å². The third-order valence-electron chi connectivity index (χ3n) is 5.99. The van der Waals surface area contributed by atoms with Crippen LogP contribution in [0.2, 0.25) is 0 Å². The summed E-state index contributed by atoms with van der Waals surface area (Å²) in [5.41, 5.74) is -0.0940. The van der Waals surface area contributed by atoms with E-state index in [1.54, 1.807) is 70.0 Å². The van der Waals surface area contributed by atoms with Gasteiger partial charge < -0.3 is 35.1 Å². The number of nitrogens with zero attached hydrogens (tertiary/aromatic N) is 1. The lowest BCUT2D eigenvalue weighted by atomic mass is 10.2. The first-order chi connectivity index (χ1) is 20.7. The molecule has 2 heterocycles. The topological polar surface area (TPSA) is 135 Å². The SMILES string of the molecule is CC(C)(C)OC(=O)NC1CSCCNC1=O.CCCCOc1ccc(CN2CCSCC(NC(=O)OC(C)(C)C)C2=O)cc1. The summed E-state index contributed by atoms with van der Waals surface area (Å²) in [6.07, 6.45) is 1.04. The molecule has 3 rings (SSSR count). The highest BCUT2D eigenvalue weighted by atomic mass is 32.2. The Morgan fingerprint density at radius 1 is 0.909 bits per heavy atom. The molecule has 2 fully saturated rings. The van der Waals surface area contributed by atoms with Gasteiger partial charge in [-0.3, -0.25) is 9.59 Å². The molecule has 2 unspecified atom stereocenters. The molecule has 0 bridgehead atoms. The van der Waals surface area contributed by atoms with Crippen LogP contribution in [0.4, 0.5) is 9.59 Å². The second-order valence-corrected chi connectivity index (χ2v) is 14.7. The quantitative estimate of drug-likeness (QED) is 0.345. The largest absolute Gasteiger partial charge is 0.494 e. The normalized spacial score (nSPS) is 19.3. The Bertz CT molecular complexity index is 1070. The Hall–Kier alpha value is -2.80. The Morgan fingerprint density at radius 3 is 2.07 bits per heavy atom. The molecule has 0 spiro atoms. The lowest BCUT2D eigenvalue weighted by Gasteiger charge is -2.26. The van der Waals surface area contributed by atoms with Crippen LogP contribution in [0.15, 0.2) is 24.3 Å². The van der Waals surface area contributed by atoms with Crippen LogP contribution in [0.1, 0.15) is 66.9 Å². The minimum absolute atomic E-state index is 0.0702. The molecule has 13 heteroatoms. The number of ether oxygens (including phenoxy) is 3. The number of carbonyl (C=O) groups excluding carboxylic acids is 4. The zero-order valence-corrected chi connectivity index (χ0v) is 28.8. The van der Waals surface area contributed by atoms with Crippen LogP contribution >= 0.6 is 23.5 Å². The fourth-order valence-electron chi connectivity index (χ4n) is 3.94. The van der Waals surface area contributed by atoms with Gasteiger partial charge in [0, 0.05) is 42.6 Å². The van der Waals surface area contributed by atoms with Gasteiger partial charge in [0.2, 0.25) is 11.8 Å². The van der Waals surface area contributed by atoms with Crippen molar-refractivity contribution in [2.45, 2.75) is 91.1 Å². The van der Waals surface area contributed by atoms with Gasteiger partial charge in [0.1, 0.15) is 29.0 Å². The lowest BCUT2D eigenvalue weighted by Crippen LogP contribution is -2.49. The fourth-order valence-corrected chi connectivity index (χ4v) is 5.80. The number of carbonyl (C=O) groups is 4. The third kappa shape index (κ3) is 15.3. The van der Waals surface area contributed by atoms with Gasteiger partial charge in [-0.15, -0.1) is 0 Å². The first kappa shape index (κ1) is 37.4. The third-order valence-corrected chi connectivity index (χ3v) is 8.09. The van der Waals surface area contributed by atoms with Crippen LogP contribution in [0, 0.1) is 0 Å². The number of unbranched alkanes of at least 4 members (excludes halogenated alkanes) is 1. The number of amides is 4. The highest BCUT2D eigenvalue weighted by Gasteiger charge is 2.30. The molecule has 2 aliphatic rings. The average molecular weight is 655 g/mol. The van der Waals surface area contributed by atoms with Crippen molar-refractivity contribution in [2.24, 2.45) is 0 Å². The molecule has 0 saturated carbocycles. The van der Waals surface area contributed by atoms with Crippen molar-refractivity contribution < 1.29 is 33.4 Å². The van der Waals surface area contributed by atoms with Gasteiger partial charge in [0.25, 0.3) is 0 Å². The standard InChI is InChI=1S/C21H32N2O4S.C10H18N2O3S/c1-5-6-12-26-17-9-7-16(8-10-17)14-23-11-13-28-15-18(19(23)24)22-20(25)27-21(2,3)4;1-10(2,3)15-9(14)12-7-6-16-5-4-11-8(7)13/h7-10,18H,5-6,11-15H2,1-4H3,(H,22,25);7H,4-6H2,1-3H3,(H,11,13)(H,12,14). The van der Waals surface area contributed by atoms with Gasteiger partial charge in [0.15, 0.2) is 0 Å². The molecule has 4 amide bonds. The molecular weight excluding hydrogens is 604 g/mol. The molecule has 2 atom stereocenters. The number of hydrogen-bond acceptors (Lipinski definition) is 9. The zero-order chi connectivity index (χ0) is 32.8. The maximum atomic E-state index is 12.9. The summed E-state index contributed by atoms with van der Waals surface area (Å²) in [6, 6.07) is 6.80. The average Bonchev–Trinajstić information content (AvgIpc) is 3.21. The molecule has 3 N–H and O–H groups in total. The molecule has 1 aromatic rings. The van der Waals surface area contributed by atoms with Crippen molar-refractivity contribution in [3.8, 4) is 5.75 Å². The molecule has 2 saturated heterocycles. The van der Waals surface area contributed by atoms with Crippen molar-refractivity contribution in [1.29, 1.82) is 0 Å². The minimum Gasteiger partial charge on any atom is -0.494 e. The van der Waals surface area contributed by atoms with E-state index in [0.29, 0.717) is 31.1 Å². The van der Waals surface area contributed by atoms with E-state index in [4.69, 9.17) is 14.2 Å². The molecule has 11 nitrogen and oxygen atoms in total. The van der Waals surface area contributed by atoms with E-state index in [2.05, 4.69) is 22.9 Å². The Kier molecular flexibility index (Phi) is 15.5. The predicted molar refractivity (Wildman–Crippen MR) is 176 cm³/mol. The van der Waals surface area contributed by atoms with Crippen LogP contribution in [-0.4, -0.2) is 94.9 Å². The molecule has 1 aromatic carbocycles. The van der Waals surface area contributed by atoms with Crippen molar-refractivity contribution >= 4 is 47.5 Å². The van der Waals surface area contributed by atoms with Crippen molar-refractivity contribution in [3.63, 3.8) is 0 Å². The van der Waals surface area contributed by atoms with Gasteiger partial charge in [0.05, 0.1) is 6.61 Å². The number of rotatable bonds is 8. The second kappa shape index (κ2) is 18.2. The maximum absolute atomic E-state index is 12.9. The molecule has 248 valence electrons. The summed E-state index contributed by atoms with van der Waals surface area (Å²) in [4.78, 5) is 49.8. The monoisotopic (exact) mass is 654 g/mol. The Labute approximate surface area is 270 Å². The first-order valence-electron chi connectivity index (χ1n) is 15.1. The molecule has 2 aliphatic heterocycles. The van der Waals surface area contributed by atoms with Crippen LogP contribution in [-0.2, 0) is 25.6 Å². The molecule has 0 radical (unpaired) electrons. The highest BCUT2D eigenvalue weighted by Crippen LogP contribution is 2.18. The van der Waals surface area contributed by atoms with Crippen LogP contribution in [0.5, 0.6) is 5.75 Å². The van der Waals surface area contributed by atoms with Gasteiger partial charge in [-0.05, 0) is 65.7 Å². The summed E-state index contributed by atoms with van der Waals surface area (Å²) in [5.74, 6) is 3.49. The summed E-state index contributed by atoms with van der Waals surface area (Å²) >= 11 is 3.30. The van der Waals surface area contributed by atoms with Crippen molar-refractivity contribution in [1.82, 2.24) is 20.9 Å². The maximum Gasteiger partial charge on any atom is 0.408 e. The van der Waals surface area contributed by atoms with Crippen LogP contribution < -0.4 is 20.7 Å². The number of hydrogen-bond donors (Lipinski definition) is 3. The van der Waals surface area contributed by atoms with E-state index < -0.39 is 35.5 Å². The predicted octanol–water partition coefficient (Wildman–Crippen LogP) is 4.58. The van der Waals surface area contributed by atoms with E-state index in [-0.39, 0.29) is 11.8 Å². The van der Waals surface area contributed by atoms with Gasteiger partial charge in [-0.2, -0.15) is 23.5 Å². The lowest BCUT2D eigenvalue weighted by molar-refractivity contribution is -0.133. The van der Waals surface area contributed by atoms with E-state index in [1.807, 2.05) is 24.3 Å². The van der Waals surface area contributed by atoms with E-state index in [0.717, 1.165) is 42.3 Å². The Morgan fingerprint density at radius 2 is 1.48 bits per heavy atom. The summed E-state index contributed by atoms with van der Waals surface area (Å²) in [7, 11) is 0. The molecule has 0 aliphatic carbocycles. The van der Waals surface area contributed by atoms with Crippen LogP contribution in [0.3, 0.4) is 0 Å². The number of benzene rings is 1. The van der Waals surface area contributed by atoms with Crippen molar-refractivity contribution in [3.05, 3.63) is 29.8 Å². The van der Waals surface area contributed by atoms with Crippen molar-refractivity contribution in [2.75, 3.05) is 42.7 Å². The summed E-state index contributed by atoms with van der Waals surface area (Å²) in [6.45, 7) is 15.4. The summed E-state index contributed by atoms with van der Waals surface area (Å²) in [5, 5.41) is 8.03. The van der Waals surface area contributed by atoms with Gasteiger partial charge in [-0.25, -0.2) is 9.59 Å². The molecular formula is C31H50N4O7S2.